The Kier molecular flexibility index (Phi) is 9.91. The summed E-state index contributed by atoms with van der Waals surface area (Å²) in [4.78, 5) is 26.8. The van der Waals surface area contributed by atoms with Crippen molar-refractivity contribution < 1.29 is 18.7 Å². The molecule has 1 aliphatic heterocycles. The molecule has 3 N–H and O–H groups in total. The van der Waals surface area contributed by atoms with E-state index in [-0.39, 0.29) is 18.1 Å². The second-order valence-corrected chi connectivity index (χ2v) is 11.4. The Hall–Kier alpha value is -3.99. The molecule has 1 amide bonds. The fraction of sp³-hybridized carbons (Fsp3) is 0.394. The quantitative estimate of drug-likeness (QED) is 0.238. The lowest BCUT2D eigenvalue weighted by atomic mass is 10.0. The second-order valence-electron chi connectivity index (χ2n) is 11.4. The zero-order chi connectivity index (χ0) is 30.3. The zero-order valence-corrected chi connectivity index (χ0v) is 25.2. The van der Waals surface area contributed by atoms with Gasteiger partial charge >= 0.3 is 0 Å². The van der Waals surface area contributed by atoms with Gasteiger partial charge in [0.05, 0.1) is 18.0 Å². The summed E-state index contributed by atoms with van der Waals surface area (Å²) < 4.78 is 26.7. The number of nitrogens with two attached hydrogens (primary N) is 1. The average molecular weight is 589 g/mol. The molecule has 1 atom stereocenters. The highest BCUT2D eigenvalue weighted by Gasteiger charge is 2.26. The third-order valence-corrected chi connectivity index (χ3v) is 7.75. The van der Waals surface area contributed by atoms with Gasteiger partial charge in [0.1, 0.15) is 17.1 Å². The Morgan fingerprint density at radius 3 is 2.53 bits per heavy atom. The van der Waals surface area contributed by atoms with Crippen LogP contribution in [0.5, 0.6) is 17.2 Å². The van der Waals surface area contributed by atoms with Crippen LogP contribution in [0.3, 0.4) is 0 Å². The van der Waals surface area contributed by atoms with Gasteiger partial charge in [0, 0.05) is 51.7 Å². The highest BCUT2D eigenvalue weighted by Crippen LogP contribution is 2.32. The number of halogens is 1. The van der Waals surface area contributed by atoms with Crippen LogP contribution in [-0.4, -0.2) is 90.0 Å². The van der Waals surface area contributed by atoms with Gasteiger partial charge in [-0.1, -0.05) is 18.2 Å². The number of carbonyl (C=O) groups excluding carboxylic acids is 1. The van der Waals surface area contributed by atoms with Crippen molar-refractivity contribution in [1.82, 2.24) is 24.7 Å². The maximum Gasteiger partial charge on any atom is 0.239 e. The van der Waals surface area contributed by atoms with Gasteiger partial charge in [-0.2, -0.15) is 0 Å². The zero-order valence-electron chi connectivity index (χ0n) is 25.2. The number of benzene rings is 2. The first-order chi connectivity index (χ1) is 20.8. The third kappa shape index (κ3) is 7.90. The number of aromatic amines is 1. The molecule has 3 heterocycles. The number of aromatic nitrogens is 2. The molecule has 43 heavy (non-hydrogen) atoms. The summed E-state index contributed by atoms with van der Waals surface area (Å²) in [6, 6.07) is 13.9. The Labute approximate surface area is 252 Å². The van der Waals surface area contributed by atoms with Gasteiger partial charge in [-0.15, -0.1) is 0 Å². The molecule has 1 fully saturated rings. The van der Waals surface area contributed by atoms with E-state index in [1.807, 2.05) is 30.2 Å². The smallest absolute Gasteiger partial charge is 0.239 e. The first kappa shape index (κ1) is 30.5. The van der Waals surface area contributed by atoms with Gasteiger partial charge in [-0.05, 0) is 80.9 Å². The van der Waals surface area contributed by atoms with Crippen LogP contribution in [0.15, 0.2) is 60.9 Å². The lowest BCUT2D eigenvalue weighted by Gasteiger charge is -2.36. The molecule has 228 valence electrons. The van der Waals surface area contributed by atoms with E-state index in [0.29, 0.717) is 36.7 Å². The van der Waals surface area contributed by atoms with Crippen LogP contribution in [0.1, 0.15) is 23.1 Å². The van der Waals surface area contributed by atoms with Crippen LogP contribution in [-0.2, 0) is 17.8 Å². The minimum atomic E-state index is -0.745. The van der Waals surface area contributed by atoms with E-state index in [4.69, 9.17) is 15.2 Å². The summed E-state index contributed by atoms with van der Waals surface area (Å²) in [6.07, 6.45) is 4.69. The number of H-pyrrole nitrogens is 1. The number of pyridine rings is 1. The Morgan fingerprint density at radius 1 is 1.07 bits per heavy atom. The molecular formula is C33H41FN6O3. The lowest BCUT2D eigenvalue weighted by Crippen LogP contribution is -2.53. The molecule has 0 aliphatic carbocycles. The van der Waals surface area contributed by atoms with Crippen LogP contribution in [0.4, 0.5) is 4.39 Å². The molecule has 2 aromatic heterocycles. The van der Waals surface area contributed by atoms with Crippen molar-refractivity contribution in [3.63, 3.8) is 0 Å². The molecule has 1 saturated heterocycles. The van der Waals surface area contributed by atoms with E-state index >= 15 is 4.39 Å². The van der Waals surface area contributed by atoms with E-state index in [2.05, 4.69) is 46.0 Å². The van der Waals surface area contributed by atoms with Crippen LogP contribution >= 0.6 is 0 Å². The number of nitrogens with one attached hydrogen (secondary N) is 1. The third-order valence-electron chi connectivity index (χ3n) is 7.75. The Bertz CT molecular complexity index is 1520. The van der Waals surface area contributed by atoms with E-state index in [9.17, 15) is 4.79 Å². The minimum absolute atomic E-state index is 0.107. The van der Waals surface area contributed by atoms with Crippen molar-refractivity contribution in [2.45, 2.75) is 32.4 Å². The summed E-state index contributed by atoms with van der Waals surface area (Å²) in [5.74, 6) is 0.899. The molecule has 1 aliphatic rings. The molecule has 9 nitrogen and oxygen atoms in total. The highest BCUT2D eigenvalue weighted by molar-refractivity contribution is 5.86. The minimum Gasteiger partial charge on any atom is -0.494 e. The number of carbonyl (C=O) groups is 1. The molecule has 2 aromatic carbocycles. The molecule has 5 rings (SSSR count). The predicted octanol–water partition coefficient (Wildman–Crippen LogP) is 4.35. The molecular weight excluding hydrogens is 547 g/mol. The van der Waals surface area contributed by atoms with E-state index in [1.165, 1.54) is 11.6 Å². The van der Waals surface area contributed by atoms with Gasteiger partial charge in [0.15, 0.2) is 11.6 Å². The average Bonchev–Trinajstić information content (AvgIpc) is 3.39. The highest BCUT2D eigenvalue weighted by atomic mass is 19.1. The standard InChI is InChI=1S/C33H41FN6O3/c1-23-21-37-32-31(23)30(11-12-36-32)43-29-10-7-25(19-27(29)34)20-28(35)33(41)40-16-14-39(15-17-40)22-24-5-8-26(9-6-24)42-18-4-13-38(2)3/h5-12,19,21,28H,4,13-18,20,22,35H2,1-3H3,(H,36,37). The fourth-order valence-electron chi connectivity index (χ4n) is 5.36. The monoisotopic (exact) mass is 588 g/mol. The van der Waals surface area contributed by atoms with Crippen molar-refractivity contribution in [2.24, 2.45) is 5.73 Å². The first-order valence-electron chi connectivity index (χ1n) is 14.8. The van der Waals surface area contributed by atoms with Crippen LogP contribution < -0.4 is 15.2 Å². The summed E-state index contributed by atoms with van der Waals surface area (Å²) in [7, 11) is 4.12. The van der Waals surface area contributed by atoms with Gasteiger partial charge in [0.2, 0.25) is 5.91 Å². The van der Waals surface area contributed by atoms with Crippen LogP contribution in [0, 0.1) is 12.7 Å². The summed E-state index contributed by atoms with van der Waals surface area (Å²) in [5.41, 5.74) is 9.81. The largest absolute Gasteiger partial charge is 0.494 e. The van der Waals surface area contributed by atoms with Gasteiger partial charge < -0.3 is 30.0 Å². The summed E-state index contributed by atoms with van der Waals surface area (Å²) in [5, 5.41) is 0.813. The van der Waals surface area contributed by atoms with Crippen molar-refractivity contribution >= 4 is 16.9 Å². The number of aryl methyl sites for hydroxylation is 1. The lowest BCUT2D eigenvalue weighted by molar-refractivity contribution is -0.134. The normalized spacial score (nSPS) is 14.8. The van der Waals surface area contributed by atoms with Crippen molar-refractivity contribution in [1.29, 1.82) is 0 Å². The van der Waals surface area contributed by atoms with Crippen LogP contribution in [0.25, 0.3) is 11.0 Å². The fourth-order valence-corrected chi connectivity index (χ4v) is 5.36. The SMILES string of the molecule is Cc1c[nH]c2nccc(Oc3ccc(CC(N)C(=O)N4CCN(Cc5ccc(OCCCN(C)C)cc5)CC4)cc3F)c12. The molecule has 1 unspecified atom stereocenters. The van der Waals surface area contributed by atoms with Gasteiger partial charge in [-0.25, -0.2) is 9.37 Å². The molecule has 0 spiro atoms. The number of rotatable bonds is 12. The van der Waals surface area contributed by atoms with Gasteiger partial charge in [0.25, 0.3) is 0 Å². The van der Waals surface area contributed by atoms with E-state index in [0.717, 1.165) is 49.3 Å². The topological polar surface area (TPSA) is 99.9 Å². The number of ether oxygens (including phenoxy) is 2. The Balaban J connectivity index is 1.08. The number of piperazine rings is 1. The maximum absolute atomic E-state index is 15.0. The molecule has 0 bridgehead atoms. The Morgan fingerprint density at radius 2 is 1.81 bits per heavy atom. The van der Waals surface area contributed by atoms with Crippen LogP contribution in [0.2, 0.25) is 0 Å². The number of amides is 1. The predicted molar refractivity (Wildman–Crippen MR) is 166 cm³/mol. The summed E-state index contributed by atoms with van der Waals surface area (Å²) in [6.45, 7) is 7.22. The van der Waals surface area contributed by atoms with E-state index < -0.39 is 11.9 Å². The molecule has 0 saturated carbocycles. The first-order valence-corrected chi connectivity index (χ1v) is 14.8. The van der Waals surface area contributed by atoms with Crippen molar-refractivity contribution in [2.75, 3.05) is 53.4 Å². The number of hydrogen-bond donors (Lipinski definition) is 2. The van der Waals surface area contributed by atoms with E-state index in [1.54, 1.807) is 24.4 Å². The summed E-state index contributed by atoms with van der Waals surface area (Å²) >= 11 is 0. The van der Waals surface area contributed by atoms with Crippen molar-refractivity contribution in [3.05, 3.63) is 83.4 Å². The molecule has 0 radical (unpaired) electrons. The second kappa shape index (κ2) is 14.0. The van der Waals surface area contributed by atoms with Crippen molar-refractivity contribution in [3.8, 4) is 17.2 Å². The number of nitrogens with zero attached hydrogens (tertiary/aromatic N) is 4. The molecule has 10 heteroatoms. The van der Waals surface area contributed by atoms with Gasteiger partial charge in [-0.3, -0.25) is 9.69 Å². The maximum atomic E-state index is 15.0. The molecule has 4 aromatic rings. The number of fused-ring (bicyclic) bond motifs is 1. The number of hydrogen-bond acceptors (Lipinski definition) is 7.